The van der Waals surface area contributed by atoms with Crippen LogP contribution in [0.3, 0.4) is 0 Å². The van der Waals surface area contributed by atoms with Gasteiger partial charge in [0.15, 0.2) is 6.29 Å². The fourth-order valence-corrected chi connectivity index (χ4v) is 0.880. The molecule has 0 amide bonds. The molecule has 0 radical (unpaired) electrons. The van der Waals surface area contributed by atoms with Gasteiger partial charge in [-0.3, -0.25) is 0 Å². The lowest BCUT2D eigenvalue weighted by atomic mass is 10.1. The number of aliphatic hydroxyl groups excluding tert-OH is 5. The van der Waals surface area contributed by atoms with Crippen molar-refractivity contribution < 1.29 is 30.3 Å². The third kappa shape index (κ3) is 4.32. The number of ether oxygens (including phenoxy) is 1. The Hall–Kier alpha value is -0.240. The summed E-state index contributed by atoms with van der Waals surface area (Å²) in [6.45, 7) is 3.59. The first-order valence-electron chi connectivity index (χ1n) is 4.42. The molecule has 6 nitrogen and oxygen atoms in total. The van der Waals surface area contributed by atoms with Gasteiger partial charge in [-0.25, -0.2) is 0 Å². The van der Waals surface area contributed by atoms with E-state index in [1.807, 2.05) is 13.8 Å². The molecule has 1 rings (SSSR count). The molecular formula is C8H20O6. The third-order valence-electron chi connectivity index (χ3n) is 1.52. The first-order chi connectivity index (χ1) is 6.66. The van der Waals surface area contributed by atoms with E-state index < -0.39 is 31.2 Å². The molecule has 0 aromatic heterocycles. The van der Waals surface area contributed by atoms with E-state index in [2.05, 4.69) is 4.74 Å². The van der Waals surface area contributed by atoms with E-state index in [-0.39, 0.29) is 0 Å². The Bertz CT molecular complexity index is 120. The van der Waals surface area contributed by atoms with Crippen LogP contribution >= 0.6 is 0 Å². The van der Waals surface area contributed by atoms with E-state index >= 15 is 0 Å². The molecule has 1 aliphatic heterocycles. The predicted octanol–water partition coefficient (Wildman–Crippen LogP) is -1.95. The number of hydrogen-bond acceptors (Lipinski definition) is 6. The Morgan fingerprint density at radius 1 is 1.00 bits per heavy atom. The summed E-state index contributed by atoms with van der Waals surface area (Å²) in [6.07, 6.45) is -4.76. The SMILES string of the molecule is CC.CO.OC[C@H]1O[C@@H](O)[C@@H](O)[C@@H]1O. The van der Waals surface area contributed by atoms with Crippen molar-refractivity contribution in [2.24, 2.45) is 0 Å². The van der Waals surface area contributed by atoms with Gasteiger partial charge in [0.1, 0.15) is 18.3 Å². The van der Waals surface area contributed by atoms with Crippen LogP contribution in [-0.2, 0) is 4.74 Å². The Balaban J connectivity index is 0. The highest BCUT2D eigenvalue weighted by molar-refractivity contribution is 4.84. The molecule has 4 atom stereocenters. The van der Waals surface area contributed by atoms with Crippen LogP contribution in [0, 0.1) is 0 Å². The van der Waals surface area contributed by atoms with Gasteiger partial charge in [-0.2, -0.15) is 0 Å². The lowest BCUT2D eigenvalue weighted by Gasteiger charge is -2.09. The van der Waals surface area contributed by atoms with Gasteiger partial charge in [0.25, 0.3) is 0 Å². The molecule has 0 saturated carbocycles. The second-order valence-electron chi connectivity index (χ2n) is 2.23. The van der Waals surface area contributed by atoms with Crippen LogP contribution in [0.4, 0.5) is 0 Å². The number of aliphatic hydroxyl groups is 5. The standard InChI is InChI=1S/C5H10O5.C2H6.CH4O/c6-1-2-3(7)4(8)5(9)10-2;2*1-2/h2-9H,1H2;1-2H3;2H,1H3/t2-,3-,4+,5-;;/m1../s1. The largest absolute Gasteiger partial charge is 0.400 e. The molecule has 0 aliphatic carbocycles. The van der Waals surface area contributed by atoms with Crippen molar-refractivity contribution in [1.29, 1.82) is 0 Å². The minimum atomic E-state index is -1.38. The minimum Gasteiger partial charge on any atom is -0.400 e. The summed E-state index contributed by atoms with van der Waals surface area (Å²) in [4.78, 5) is 0. The summed E-state index contributed by atoms with van der Waals surface area (Å²) in [7, 11) is 1.00. The molecule has 1 saturated heterocycles. The van der Waals surface area contributed by atoms with Crippen molar-refractivity contribution in [3.05, 3.63) is 0 Å². The van der Waals surface area contributed by atoms with Crippen molar-refractivity contribution in [3.8, 4) is 0 Å². The fraction of sp³-hybridized carbons (Fsp3) is 1.00. The molecule has 0 spiro atoms. The average molecular weight is 212 g/mol. The molecule has 14 heavy (non-hydrogen) atoms. The van der Waals surface area contributed by atoms with E-state index in [0.29, 0.717) is 0 Å². The second kappa shape index (κ2) is 9.32. The zero-order chi connectivity index (χ0) is 11.7. The molecule has 1 fully saturated rings. The molecular weight excluding hydrogens is 192 g/mol. The first kappa shape index (κ1) is 16.2. The van der Waals surface area contributed by atoms with Crippen molar-refractivity contribution in [2.45, 2.75) is 38.4 Å². The lowest BCUT2D eigenvalue weighted by molar-refractivity contribution is -0.132. The summed E-state index contributed by atoms with van der Waals surface area (Å²) >= 11 is 0. The Labute approximate surface area is 83.4 Å². The zero-order valence-electron chi connectivity index (χ0n) is 8.66. The Morgan fingerprint density at radius 3 is 1.57 bits per heavy atom. The average Bonchev–Trinajstić information content (AvgIpc) is 2.51. The summed E-state index contributed by atoms with van der Waals surface area (Å²) in [5, 5.41) is 42.0. The van der Waals surface area contributed by atoms with Gasteiger partial charge >= 0.3 is 0 Å². The van der Waals surface area contributed by atoms with E-state index in [9.17, 15) is 0 Å². The maximum absolute atomic E-state index is 8.93. The van der Waals surface area contributed by atoms with Gasteiger partial charge < -0.3 is 30.3 Å². The van der Waals surface area contributed by atoms with Crippen molar-refractivity contribution in [1.82, 2.24) is 0 Å². The highest BCUT2D eigenvalue weighted by atomic mass is 16.6. The molecule has 0 bridgehead atoms. The zero-order valence-corrected chi connectivity index (χ0v) is 8.66. The van der Waals surface area contributed by atoms with Gasteiger partial charge in [0.2, 0.25) is 0 Å². The normalized spacial score (nSPS) is 35.1. The number of hydrogen-bond donors (Lipinski definition) is 5. The van der Waals surface area contributed by atoms with Gasteiger partial charge in [0, 0.05) is 7.11 Å². The molecule has 0 aromatic carbocycles. The maximum atomic E-state index is 8.93. The lowest BCUT2D eigenvalue weighted by Crippen LogP contribution is -2.33. The van der Waals surface area contributed by atoms with Crippen LogP contribution in [0.5, 0.6) is 0 Å². The molecule has 88 valence electrons. The van der Waals surface area contributed by atoms with Gasteiger partial charge in [0.05, 0.1) is 6.61 Å². The van der Waals surface area contributed by atoms with Crippen LogP contribution in [0.25, 0.3) is 0 Å². The van der Waals surface area contributed by atoms with E-state index in [0.717, 1.165) is 7.11 Å². The quantitative estimate of drug-likeness (QED) is 0.345. The smallest absolute Gasteiger partial charge is 0.184 e. The molecule has 0 unspecified atom stereocenters. The van der Waals surface area contributed by atoms with Crippen LogP contribution in [-0.4, -0.2) is 63.9 Å². The van der Waals surface area contributed by atoms with E-state index in [4.69, 9.17) is 25.5 Å². The molecule has 1 aliphatic rings. The molecule has 1 heterocycles. The van der Waals surface area contributed by atoms with Crippen LogP contribution in [0.15, 0.2) is 0 Å². The Kier molecular flexibility index (Phi) is 10.8. The highest BCUT2D eigenvalue weighted by Gasteiger charge is 2.41. The maximum Gasteiger partial charge on any atom is 0.184 e. The van der Waals surface area contributed by atoms with E-state index in [1.54, 1.807) is 0 Å². The molecule has 6 heteroatoms. The fourth-order valence-electron chi connectivity index (χ4n) is 0.880. The van der Waals surface area contributed by atoms with Crippen LogP contribution in [0.2, 0.25) is 0 Å². The predicted molar refractivity (Wildman–Crippen MR) is 49.5 cm³/mol. The number of rotatable bonds is 1. The van der Waals surface area contributed by atoms with Crippen LogP contribution < -0.4 is 0 Å². The van der Waals surface area contributed by atoms with Crippen molar-refractivity contribution >= 4 is 0 Å². The summed E-state index contributed by atoms with van der Waals surface area (Å²) in [5.74, 6) is 0. The Morgan fingerprint density at radius 2 is 1.43 bits per heavy atom. The summed E-state index contributed by atoms with van der Waals surface area (Å²) in [5.41, 5.74) is 0. The van der Waals surface area contributed by atoms with Crippen LogP contribution in [0.1, 0.15) is 13.8 Å². The first-order valence-corrected chi connectivity index (χ1v) is 4.42. The van der Waals surface area contributed by atoms with Gasteiger partial charge in [-0.05, 0) is 0 Å². The van der Waals surface area contributed by atoms with Gasteiger partial charge in [-0.1, -0.05) is 13.8 Å². The van der Waals surface area contributed by atoms with Gasteiger partial charge in [-0.15, -0.1) is 0 Å². The summed E-state index contributed by atoms with van der Waals surface area (Å²) in [6, 6.07) is 0. The minimum absolute atomic E-state index is 0.407. The van der Waals surface area contributed by atoms with E-state index in [1.165, 1.54) is 0 Å². The summed E-state index contributed by atoms with van der Waals surface area (Å²) < 4.78 is 4.54. The second-order valence-corrected chi connectivity index (χ2v) is 2.23. The monoisotopic (exact) mass is 212 g/mol. The third-order valence-corrected chi connectivity index (χ3v) is 1.52. The molecule has 5 N–H and O–H groups in total. The topological polar surface area (TPSA) is 110 Å². The van der Waals surface area contributed by atoms with Crippen molar-refractivity contribution in [2.75, 3.05) is 13.7 Å². The van der Waals surface area contributed by atoms with Crippen molar-refractivity contribution in [3.63, 3.8) is 0 Å². The highest BCUT2D eigenvalue weighted by Crippen LogP contribution is 2.18. The molecule has 0 aromatic rings.